The zero-order valence-corrected chi connectivity index (χ0v) is 18.1. The zero-order valence-electron chi connectivity index (χ0n) is 17.3. The summed E-state index contributed by atoms with van der Waals surface area (Å²) in [6.07, 6.45) is 0. The van der Waals surface area contributed by atoms with Crippen molar-refractivity contribution >= 4 is 17.7 Å². The van der Waals surface area contributed by atoms with Crippen LogP contribution < -0.4 is 5.32 Å². The van der Waals surface area contributed by atoms with E-state index < -0.39 is 0 Å². The van der Waals surface area contributed by atoms with E-state index in [1.165, 1.54) is 5.56 Å². The number of rotatable bonds is 8. The maximum Gasteiger partial charge on any atom is 0.252 e. The quantitative estimate of drug-likeness (QED) is 0.535. The number of carbonyl (C=O) groups excluding carboxylic acids is 1. The van der Waals surface area contributed by atoms with Crippen LogP contribution in [0.3, 0.4) is 0 Å². The Morgan fingerprint density at radius 3 is 2.43 bits per heavy atom. The van der Waals surface area contributed by atoms with Crippen LogP contribution in [0.2, 0.25) is 0 Å². The summed E-state index contributed by atoms with van der Waals surface area (Å²) in [5.74, 6) is 0.665. The molecule has 0 bridgehead atoms. The molecule has 0 aliphatic heterocycles. The highest BCUT2D eigenvalue weighted by Gasteiger charge is 2.11. The normalized spacial score (nSPS) is 10.6. The number of nitrogens with zero attached hydrogens (tertiary/aromatic N) is 2. The Labute approximate surface area is 182 Å². The van der Waals surface area contributed by atoms with Gasteiger partial charge in [-0.15, -0.1) is 11.8 Å². The summed E-state index contributed by atoms with van der Waals surface area (Å²) < 4.78 is 0. The van der Waals surface area contributed by atoms with Gasteiger partial charge in [-0.1, -0.05) is 48.5 Å². The Balaban J connectivity index is 1.63. The first kappa shape index (κ1) is 21.6. The molecule has 1 N–H and O–H groups in total. The number of amides is 1. The van der Waals surface area contributed by atoms with Gasteiger partial charge in [-0.25, -0.2) is 0 Å². The van der Waals surface area contributed by atoms with Crippen LogP contribution in [0.25, 0.3) is 0 Å². The predicted octanol–water partition coefficient (Wildman–Crippen LogP) is 4.84. The van der Waals surface area contributed by atoms with Crippen molar-refractivity contribution in [1.29, 1.82) is 5.26 Å². The Morgan fingerprint density at radius 1 is 0.967 bits per heavy atom. The van der Waals surface area contributed by atoms with Gasteiger partial charge in [0.15, 0.2) is 0 Å². The molecule has 0 saturated heterocycles. The summed E-state index contributed by atoms with van der Waals surface area (Å²) in [4.78, 5) is 15.9. The Kier molecular flexibility index (Phi) is 7.67. The fraction of sp³-hybridized carbons (Fsp3) is 0.200. The van der Waals surface area contributed by atoms with E-state index >= 15 is 0 Å². The van der Waals surface area contributed by atoms with Crippen molar-refractivity contribution in [3.05, 3.63) is 101 Å². The van der Waals surface area contributed by atoms with Crippen LogP contribution in [0.15, 0.2) is 77.7 Å². The molecule has 152 valence electrons. The predicted molar refractivity (Wildman–Crippen MR) is 122 cm³/mol. The topological polar surface area (TPSA) is 56.1 Å². The lowest BCUT2D eigenvalue weighted by Gasteiger charge is -2.12. The smallest absolute Gasteiger partial charge is 0.252 e. The SMILES string of the molecule is CN(C)Cc1cccc(CNC(=O)c2ccccc2SCc2ccc(C#N)cc2)c1. The van der Waals surface area contributed by atoms with E-state index in [0.717, 1.165) is 28.3 Å². The van der Waals surface area contributed by atoms with E-state index in [1.807, 2.05) is 74.8 Å². The van der Waals surface area contributed by atoms with Crippen LogP contribution >= 0.6 is 11.8 Å². The minimum Gasteiger partial charge on any atom is -0.348 e. The highest BCUT2D eigenvalue weighted by molar-refractivity contribution is 7.98. The molecule has 5 heteroatoms. The summed E-state index contributed by atoms with van der Waals surface area (Å²) in [6, 6.07) is 25.6. The standard InChI is InChI=1S/C25H25N3OS/c1-28(2)17-22-7-5-6-21(14-22)16-27-25(29)23-8-3-4-9-24(23)30-18-20-12-10-19(15-26)11-13-20/h3-14H,16-18H2,1-2H3,(H,27,29). The summed E-state index contributed by atoms with van der Waals surface area (Å²) >= 11 is 1.62. The number of carbonyl (C=O) groups is 1. The molecule has 0 unspecified atom stereocenters. The van der Waals surface area contributed by atoms with Crippen LogP contribution in [-0.4, -0.2) is 24.9 Å². The second-order valence-corrected chi connectivity index (χ2v) is 8.35. The van der Waals surface area contributed by atoms with Gasteiger partial charge in [0, 0.05) is 23.7 Å². The molecule has 0 heterocycles. The van der Waals surface area contributed by atoms with E-state index in [-0.39, 0.29) is 5.91 Å². The molecule has 0 saturated carbocycles. The number of nitriles is 1. The van der Waals surface area contributed by atoms with E-state index in [2.05, 4.69) is 28.4 Å². The molecule has 0 aliphatic rings. The average Bonchev–Trinajstić information content (AvgIpc) is 2.76. The summed E-state index contributed by atoms with van der Waals surface area (Å²) in [6.45, 7) is 1.37. The molecule has 0 radical (unpaired) electrons. The first-order chi connectivity index (χ1) is 14.5. The highest BCUT2D eigenvalue weighted by Crippen LogP contribution is 2.26. The van der Waals surface area contributed by atoms with Gasteiger partial charge < -0.3 is 10.2 Å². The average molecular weight is 416 g/mol. The Morgan fingerprint density at radius 2 is 1.70 bits per heavy atom. The lowest BCUT2D eigenvalue weighted by Crippen LogP contribution is -2.23. The van der Waals surface area contributed by atoms with Crippen molar-refractivity contribution in [3.63, 3.8) is 0 Å². The molecular weight excluding hydrogens is 390 g/mol. The highest BCUT2D eigenvalue weighted by atomic mass is 32.2. The summed E-state index contributed by atoms with van der Waals surface area (Å²) in [5.41, 5.74) is 4.77. The maximum absolute atomic E-state index is 12.8. The van der Waals surface area contributed by atoms with E-state index in [4.69, 9.17) is 5.26 Å². The zero-order chi connectivity index (χ0) is 21.3. The van der Waals surface area contributed by atoms with Crippen LogP contribution in [0.4, 0.5) is 0 Å². The van der Waals surface area contributed by atoms with E-state index in [1.54, 1.807) is 11.8 Å². The van der Waals surface area contributed by atoms with Gasteiger partial charge in [-0.3, -0.25) is 4.79 Å². The van der Waals surface area contributed by atoms with Crippen molar-refractivity contribution in [2.45, 2.75) is 23.7 Å². The first-order valence-electron chi connectivity index (χ1n) is 9.77. The van der Waals surface area contributed by atoms with E-state index in [0.29, 0.717) is 17.7 Å². The number of hydrogen-bond acceptors (Lipinski definition) is 4. The monoisotopic (exact) mass is 415 g/mol. The molecule has 0 aliphatic carbocycles. The Bertz CT molecular complexity index is 1040. The number of benzene rings is 3. The molecule has 0 fully saturated rings. The third kappa shape index (κ3) is 6.21. The van der Waals surface area contributed by atoms with Gasteiger partial charge in [0.05, 0.1) is 17.2 Å². The third-order valence-corrected chi connectivity index (χ3v) is 5.70. The van der Waals surface area contributed by atoms with Gasteiger partial charge in [0.1, 0.15) is 0 Å². The van der Waals surface area contributed by atoms with Gasteiger partial charge in [0.2, 0.25) is 0 Å². The molecule has 3 aromatic carbocycles. The molecule has 1 amide bonds. The van der Waals surface area contributed by atoms with Gasteiger partial charge in [-0.2, -0.15) is 5.26 Å². The van der Waals surface area contributed by atoms with Crippen molar-refractivity contribution in [3.8, 4) is 6.07 Å². The van der Waals surface area contributed by atoms with Crippen LogP contribution in [0.1, 0.15) is 32.6 Å². The number of thioether (sulfide) groups is 1. The van der Waals surface area contributed by atoms with Crippen LogP contribution in [0, 0.1) is 11.3 Å². The maximum atomic E-state index is 12.8. The van der Waals surface area contributed by atoms with Gasteiger partial charge >= 0.3 is 0 Å². The summed E-state index contributed by atoms with van der Waals surface area (Å²) in [7, 11) is 4.09. The van der Waals surface area contributed by atoms with Gasteiger partial charge in [-0.05, 0) is 55.1 Å². The summed E-state index contributed by atoms with van der Waals surface area (Å²) in [5, 5.41) is 12.0. The van der Waals surface area contributed by atoms with Crippen molar-refractivity contribution in [2.24, 2.45) is 0 Å². The number of hydrogen-bond donors (Lipinski definition) is 1. The molecule has 4 nitrogen and oxygen atoms in total. The largest absolute Gasteiger partial charge is 0.348 e. The molecule has 3 rings (SSSR count). The van der Waals surface area contributed by atoms with Crippen molar-refractivity contribution in [2.75, 3.05) is 14.1 Å². The molecule has 0 atom stereocenters. The third-order valence-electron chi connectivity index (χ3n) is 4.55. The van der Waals surface area contributed by atoms with E-state index in [9.17, 15) is 4.79 Å². The second-order valence-electron chi connectivity index (χ2n) is 7.33. The van der Waals surface area contributed by atoms with Gasteiger partial charge in [0.25, 0.3) is 5.91 Å². The fourth-order valence-corrected chi connectivity index (χ4v) is 4.10. The minimum atomic E-state index is -0.0732. The molecule has 0 spiro atoms. The van der Waals surface area contributed by atoms with Crippen LogP contribution in [-0.2, 0) is 18.8 Å². The van der Waals surface area contributed by atoms with Crippen LogP contribution in [0.5, 0.6) is 0 Å². The molecule has 3 aromatic rings. The lowest BCUT2D eigenvalue weighted by atomic mass is 10.1. The molecule has 0 aromatic heterocycles. The first-order valence-corrected chi connectivity index (χ1v) is 10.8. The fourth-order valence-electron chi connectivity index (χ4n) is 3.10. The Hall–Kier alpha value is -3.07. The van der Waals surface area contributed by atoms with Crippen molar-refractivity contribution in [1.82, 2.24) is 10.2 Å². The number of nitrogens with one attached hydrogen (secondary N) is 1. The molecule has 30 heavy (non-hydrogen) atoms. The lowest BCUT2D eigenvalue weighted by molar-refractivity contribution is 0.0948. The van der Waals surface area contributed by atoms with Crippen molar-refractivity contribution < 1.29 is 4.79 Å². The molecular formula is C25H25N3OS. The second kappa shape index (κ2) is 10.6. The minimum absolute atomic E-state index is 0.0732.